The zero-order valence-electron chi connectivity index (χ0n) is 12.9. The van der Waals surface area contributed by atoms with Gasteiger partial charge in [-0.1, -0.05) is 41.9 Å². The predicted octanol–water partition coefficient (Wildman–Crippen LogP) is 4.76. The molecule has 24 heavy (non-hydrogen) atoms. The molecule has 0 radical (unpaired) electrons. The molecule has 0 fully saturated rings. The zero-order chi connectivity index (χ0) is 16.6. The standard InChI is InChI=1S/C19H16ClN3O/c20-17-10-8-15(9-11-17)14-24-18-6-2-1-5-16(18)13-22-23-19-7-3-4-12-21-19/h1-13H,14H2,(H,21,23). The molecule has 2 aromatic carbocycles. The lowest BCUT2D eigenvalue weighted by molar-refractivity contribution is 0.306. The van der Waals surface area contributed by atoms with Gasteiger partial charge in [0.15, 0.2) is 0 Å². The second kappa shape index (κ2) is 8.13. The summed E-state index contributed by atoms with van der Waals surface area (Å²) in [6.45, 7) is 0.468. The molecule has 0 saturated heterocycles. The van der Waals surface area contributed by atoms with Gasteiger partial charge in [0.1, 0.15) is 18.2 Å². The Hall–Kier alpha value is -2.85. The summed E-state index contributed by atoms with van der Waals surface area (Å²) in [4.78, 5) is 4.15. The van der Waals surface area contributed by atoms with Gasteiger partial charge in [0.2, 0.25) is 0 Å². The normalized spacial score (nSPS) is 10.7. The Kier molecular flexibility index (Phi) is 5.43. The number of rotatable bonds is 6. The minimum absolute atomic E-state index is 0.468. The van der Waals surface area contributed by atoms with Crippen LogP contribution in [-0.4, -0.2) is 11.2 Å². The lowest BCUT2D eigenvalue weighted by atomic mass is 10.2. The van der Waals surface area contributed by atoms with Crippen LogP contribution in [0.15, 0.2) is 78.0 Å². The third-order valence-corrected chi connectivity index (χ3v) is 3.53. The number of hydrogen-bond donors (Lipinski definition) is 1. The van der Waals surface area contributed by atoms with E-state index < -0.39 is 0 Å². The van der Waals surface area contributed by atoms with Crippen molar-refractivity contribution in [1.29, 1.82) is 0 Å². The number of aromatic nitrogens is 1. The van der Waals surface area contributed by atoms with E-state index in [-0.39, 0.29) is 0 Å². The molecular formula is C19H16ClN3O. The Balaban J connectivity index is 1.65. The van der Waals surface area contributed by atoms with Crippen LogP contribution in [0.1, 0.15) is 11.1 Å². The van der Waals surface area contributed by atoms with E-state index in [2.05, 4.69) is 15.5 Å². The quantitative estimate of drug-likeness (QED) is 0.521. The molecule has 0 aliphatic rings. The maximum Gasteiger partial charge on any atom is 0.146 e. The van der Waals surface area contributed by atoms with Gasteiger partial charge < -0.3 is 4.74 Å². The first-order chi connectivity index (χ1) is 11.8. The molecule has 120 valence electrons. The van der Waals surface area contributed by atoms with E-state index in [1.807, 2.05) is 66.7 Å². The Labute approximate surface area is 145 Å². The summed E-state index contributed by atoms with van der Waals surface area (Å²) in [7, 11) is 0. The summed E-state index contributed by atoms with van der Waals surface area (Å²) in [5.74, 6) is 1.45. The van der Waals surface area contributed by atoms with Gasteiger partial charge in [-0.05, 0) is 42.0 Å². The van der Waals surface area contributed by atoms with Crippen molar-refractivity contribution in [2.75, 3.05) is 5.43 Å². The van der Waals surface area contributed by atoms with Crippen LogP contribution in [0.4, 0.5) is 5.82 Å². The van der Waals surface area contributed by atoms with Crippen LogP contribution in [0.2, 0.25) is 5.02 Å². The number of hydrazone groups is 1. The molecule has 0 atom stereocenters. The van der Waals surface area contributed by atoms with Crippen molar-refractivity contribution < 1.29 is 4.74 Å². The highest BCUT2D eigenvalue weighted by Crippen LogP contribution is 2.18. The Morgan fingerprint density at radius 2 is 1.79 bits per heavy atom. The Morgan fingerprint density at radius 3 is 2.58 bits per heavy atom. The fourth-order valence-electron chi connectivity index (χ4n) is 2.06. The first-order valence-corrected chi connectivity index (χ1v) is 7.85. The van der Waals surface area contributed by atoms with Gasteiger partial charge in [-0.25, -0.2) is 4.98 Å². The molecule has 0 saturated carbocycles. The summed E-state index contributed by atoms with van der Waals surface area (Å²) in [5.41, 5.74) is 4.83. The number of halogens is 1. The summed E-state index contributed by atoms with van der Waals surface area (Å²) < 4.78 is 5.89. The molecule has 1 aromatic heterocycles. The summed E-state index contributed by atoms with van der Waals surface area (Å²) >= 11 is 5.89. The summed E-state index contributed by atoms with van der Waals surface area (Å²) in [6, 6.07) is 20.9. The maximum atomic E-state index is 5.89. The van der Waals surface area contributed by atoms with Gasteiger partial charge >= 0.3 is 0 Å². The minimum atomic E-state index is 0.468. The molecule has 1 heterocycles. The van der Waals surface area contributed by atoms with E-state index in [0.717, 1.165) is 16.9 Å². The van der Waals surface area contributed by atoms with Crippen LogP contribution in [-0.2, 0) is 6.61 Å². The first kappa shape index (κ1) is 16.0. The second-order valence-electron chi connectivity index (χ2n) is 5.04. The number of hydrogen-bond acceptors (Lipinski definition) is 4. The lowest BCUT2D eigenvalue weighted by Crippen LogP contribution is -1.99. The number of pyridine rings is 1. The third-order valence-electron chi connectivity index (χ3n) is 3.27. The fourth-order valence-corrected chi connectivity index (χ4v) is 2.18. The molecule has 3 aromatic rings. The zero-order valence-corrected chi connectivity index (χ0v) is 13.6. The second-order valence-corrected chi connectivity index (χ2v) is 5.47. The molecule has 0 unspecified atom stereocenters. The van der Waals surface area contributed by atoms with Crippen LogP contribution in [0, 0.1) is 0 Å². The molecule has 1 N–H and O–H groups in total. The van der Waals surface area contributed by atoms with Crippen molar-refractivity contribution in [2.24, 2.45) is 5.10 Å². The van der Waals surface area contributed by atoms with Crippen LogP contribution < -0.4 is 10.2 Å². The van der Waals surface area contributed by atoms with Crippen LogP contribution in [0.25, 0.3) is 0 Å². The molecule has 3 rings (SSSR count). The molecule has 0 amide bonds. The molecule has 0 aliphatic heterocycles. The first-order valence-electron chi connectivity index (χ1n) is 7.48. The van der Waals surface area contributed by atoms with Gasteiger partial charge in [0.05, 0.1) is 6.21 Å². The highest BCUT2D eigenvalue weighted by Gasteiger charge is 2.01. The third kappa shape index (κ3) is 4.57. The summed E-state index contributed by atoms with van der Waals surface area (Å²) in [5, 5.41) is 4.92. The van der Waals surface area contributed by atoms with E-state index in [1.165, 1.54) is 0 Å². The number of anilines is 1. The fraction of sp³-hybridized carbons (Fsp3) is 0.0526. The minimum Gasteiger partial charge on any atom is -0.488 e. The van der Waals surface area contributed by atoms with Gasteiger partial charge in [0, 0.05) is 16.8 Å². The van der Waals surface area contributed by atoms with Gasteiger partial charge in [-0.3, -0.25) is 5.43 Å². The Bertz CT molecular complexity index is 804. The monoisotopic (exact) mass is 337 g/mol. The van der Waals surface area contributed by atoms with Crippen LogP contribution in [0.5, 0.6) is 5.75 Å². The van der Waals surface area contributed by atoms with E-state index in [1.54, 1.807) is 12.4 Å². The topological polar surface area (TPSA) is 46.5 Å². The van der Waals surface area contributed by atoms with E-state index in [9.17, 15) is 0 Å². The van der Waals surface area contributed by atoms with Crippen LogP contribution >= 0.6 is 11.6 Å². The van der Waals surface area contributed by atoms with Gasteiger partial charge in [0.25, 0.3) is 0 Å². The maximum absolute atomic E-state index is 5.89. The van der Waals surface area contributed by atoms with Crippen molar-refractivity contribution in [2.45, 2.75) is 6.61 Å². The average Bonchev–Trinajstić information content (AvgIpc) is 2.63. The number of nitrogens with zero attached hydrogens (tertiary/aromatic N) is 2. The van der Waals surface area contributed by atoms with Crippen molar-refractivity contribution in [3.63, 3.8) is 0 Å². The number of para-hydroxylation sites is 1. The smallest absolute Gasteiger partial charge is 0.146 e. The molecule has 0 spiro atoms. The summed E-state index contributed by atoms with van der Waals surface area (Å²) in [6.07, 6.45) is 3.42. The Morgan fingerprint density at radius 1 is 1.00 bits per heavy atom. The predicted molar refractivity (Wildman–Crippen MR) is 97.7 cm³/mol. The molecule has 0 bridgehead atoms. The number of ether oxygens (including phenoxy) is 1. The molecule has 5 heteroatoms. The number of nitrogens with one attached hydrogen (secondary N) is 1. The van der Waals surface area contributed by atoms with E-state index >= 15 is 0 Å². The van der Waals surface area contributed by atoms with Crippen molar-refractivity contribution in [3.05, 3.63) is 89.1 Å². The highest BCUT2D eigenvalue weighted by molar-refractivity contribution is 6.30. The highest BCUT2D eigenvalue weighted by atomic mass is 35.5. The van der Waals surface area contributed by atoms with Crippen LogP contribution in [0.3, 0.4) is 0 Å². The average molecular weight is 338 g/mol. The molecule has 4 nitrogen and oxygen atoms in total. The van der Waals surface area contributed by atoms with E-state index in [4.69, 9.17) is 16.3 Å². The molecule has 0 aliphatic carbocycles. The van der Waals surface area contributed by atoms with Crippen molar-refractivity contribution in [3.8, 4) is 5.75 Å². The largest absolute Gasteiger partial charge is 0.488 e. The van der Waals surface area contributed by atoms with Crippen molar-refractivity contribution in [1.82, 2.24) is 4.98 Å². The van der Waals surface area contributed by atoms with Crippen molar-refractivity contribution >= 4 is 23.6 Å². The SMILES string of the molecule is Clc1ccc(COc2ccccc2C=NNc2ccccn2)cc1. The molecular weight excluding hydrogens is 322 g/mol. The lowest BCUT2D eigenvalue weighted by Gasteiger charge is -2.09. The van der Waals surface area contributed by atoms with Gasteiger partial charge in [-0.2, -0.15) is 5.10 Å². The van der Waals surface area contributed by atoms with E-state index in [0.29, 0.717) is 17.4 Å². The van der Waals surface area contributed by atoms with Gasteiger partial charge in [-0.15, -0.1) is 0 Å². The number of benzene rings is 2.